The third-order valence-corrected chi connectivity index (χ3v) is 4.05. The molecule has 0 bridgehead atoms. The molecule has 2 nitrogen and oxygen atoms in total. The Kier molecular flexibility index (Phi) is 6.45. The van der Waals surface area contributed by atoms with Crippen LogP contribution in [0.15, 0.2) is 24.3 Å². The molecule has 1 rings (SSSR count). The monoisotopic (exact) mass is 272 g/mol. The van der Waals surface area contributed by atoms with Crippen molar-refractivity contribution in [3.63, 3.8) is 0 Å². The standard InChI is InChI=1S/C13H17ClO2S/c1-2-3-4-12(13(15)16)17-9-10-5-7-11(14)8-6-10/h5-8,12H,2-4,9H2,1H3,(H,15,16). The summed E-state index contributed by atoms with van der Waals surface area (Å²) in [6.45, 7) is 2.07. The summed E-state index contributed by atoms with van der Waals surface area (Å²) in [4.78, 5) is 11.0. The Hall–Kier alpha value is -0.670. The number of rotatable bonds is 7. The lowest BCUT2D eigenvalue weighted by Crippen LogP contribution is -2.16. The Bertz CT molecular complexity index is 351. The molecule has 1 unspecified atom stereocenters. The van der Waals surface area contributed by atoms with Gasteiger partial charge in [0.1, 0.15) is 5.25 Å². The lowest BCUT2D eigenvalue weighted by Gasteiger charge is -2.11. The minimum Gasteiger partial charge on any atom is -0.480 e. The van der Waals surface area contributed by atoms with Crippen molar-refractivity contribution in [3.8, 4) is 0 Å². The number of halogens is 1. The first kappa shape index (κ1) is 14.4. The van der Waals surface area contributed by atoms with Crippen LogP contribution in [0.5, 0.6) is 0 Å². The zero-order valence-electron chi connectivity index (χ0n) is 9.86. The van der Waals surface area contributed by atoms with Crippen molar-refractivity contribution >= 4 is 29.3 Å². The average Bonchev–Trinajstić information content (AvgIpc) is 2.31. The number of thioether (sulfide) groups is 1. The number of carbonyl (C=O) groups is 1. The van der Waals surface area contributed by atoms with Gasteiger partial charge >= 0.3 is 5.97 Å². The molecule has 0 fully saturated rings. The van der Waals surface area contributed by atoms with Crippen LogP contribution in [0, 0.1) is 0 Å². The van der Waals surface area contributed by atoms with Crippen molar-refractivity contribution in [1.29, 1.82) is 0 Å². The van der Waals surface area contributed by atoms with E-state index >= 15 is 0 Å². The predicted molar refractivity (Wildman–Crippen MR) is 73.7 cm³/mol. The summed E-state index contributed by atoms with van der Waals surface area (Å²) in [5.74, 6) is 0.00936. The van der Waals surface area contributed by atoms with Gasteiger partial charge in [0.15, 0.2) is 0 Å². The number of hydrogen-bond donors (Lipinski definition) is 1. The van der Waals surface area contributed by atoms with E-state index in [1.54, 1.807) is 0 Å². The van der Waals surface area contributed by atoms with Gasteiger partial charge in [0.25, 0.3) is 0 Å². The molecule has 0 aliphatic rings. The highest BCUT2D eigenvalue weighted by molar-refractivity contribution is 7.99. The van der Waals surface area contributed by atoms with Gasteiger partial charge in [-0.05, 0) is 24.1 Å². The Balaban J connectivity index is 2.45. The lowest BCUT2D eigenvalue weighted by atomic mass is 10.2. The maximum Gasteiger partial charge on any atom is 0.316 e. The highest BCUT2D eigenvalue weighted by atomic mass is 35.5. The first-order valence-corrected chi connectivity index (χ1v) is 7.15. The third-order valence-electron chi connectivity index (χ3n) is 2.46. The molecule has 0 aromatic heterocycles. The van der Waals surface area contributed by atoms with Gasteiger partial charge in [-0.1, -0.05) is 43.5 Å². The van der Waals surface area contributed by atoms with Crippen LogP contribution in [0.3, 0.4) is 0 Å². The Morgan fingerprint density at radius 3 is 2.59 bits per heavy atom. The van der Waals surface area contributed by atoms with Crippen LogP contribution in [0.1, 0.15) is 31.7 Å². The lowest BCUT2D eigenvalue weighted by molar-refractivity contribution is -0.136. The van der Waals surface area contributed by atoms with Gasteiger partial charge in [-0.15, -0.1) is 11.8 Å². The van der Waals surface area contributed by atoms with Crippen molar-refractivity contribution in [1.82, 2.24) is 0 Å². The van der Waals surface area contributed by atoms with Gasteiger partial charge in [-0.2, -0.15) is 0 Å². The molecule has 0 radical (unpaired) electrons. The van der Waals surface area contributed by atoms with Gasteiger partial charge in [-0.3, -0.25) is 4.79 Å². The van der Waals surface area contributed by atoms with Gasteiger partial charge in [0.2, 0.25) is 0 Å². The summed E-state index contributed by atoms with van der Waals surface area (Å²) in [5, 5.41) is 9.49. The van der Waals surface area contributed by atoms with Crippen molar-refractivity contribution in [2.24, 2.45) is 0 Å². The molecule has 17 heavy (non-hydrogen) atoms. The van der Waals surface area contributed by atoms with Crippen molar-refractivity contribution < 1.29 is 9.90 Å². The zero-order chi connectivity index (χ0) is 12.7. The van der Waals surface area contributed by atoms with Gasteiger partial charge < -0.3 is 5.11 Å². The number of carboxylic acids is 1. The Morgan fingerprint density at radius 1 is 1.41 bits per heavy atom. The molecule has 1 aromatic rings. The first-order chi connectivity index (χ1) is 8.13. The van der Waals surface area contributed by atoms with Crippen LogP contribution in [-0.2, 0) is 10.5 Å². The minimum atomic E-state index is -0.711. The summed E-state index contributed by atoms with van der Waals surface area (Å²) in [6.07, 6.45) is 2.74. The van der Waals surface area contributed by atoms with Gasteiger partial charge in [0.05, 0.1) is 0 Å². The van der Waals surface area contributed by atoms with E-state index in [4.69, 9.17) is 16.7 Å². The molecule has 0 aliphatic heterocycles. The number of aliphatic carboxylic acids is 1. The molecule has 94 valence electrons. The van der Waals surface area contributed by atoms with E-state index in [2.05, 4.69) is 6.92 Å². The number of unbranched alkanes of at least 4 members (excludes halogenated alkanes) is 1. The summed E-state index contributed by atoms with van der Waals surface area (Å²) in [5.41, 5.74) is 1.11. The fourth-order valence-corrected chi connectivity index (χ4v) is 2.63. The van der Waals surface area contributed by atoms with Crippen LogP contribution >= 0.6 is 23.4 Å². The van der Waals surface area contributed by atoms with E-state index in [1.807, 2.05) is 24.3 Å². The highest BCUT2D eigenvalue weighted by Gasteiger charge is 2.16. The van der Waals surface area contributed by atoms with Crippen LogP contribution in [0.25, 0.3) is 0 Å². The topological polar surface area (TPSA) is 37.3 Å². The smallest absolute Gasteiger partial charge is 0.316 e. The van der Waals surface area contributed by atoms with Crippen LogP contribution in [-0.4, -0.2) is 16.3 Å². The summed E-state index contributed by atoms with van der Waals surface area (Å²) in [7, 11) is 0. The maximum absolute atomic E-state index is 11.0. The van der Waals surface area contributed by atoms with Crippen molar-refractivity contribution in [3.05, 3.63) is 34.9 Å². The number of carboxylic acid groups (broad SMARTS) is 1. The molecule has 1 aromatic carbocycles. The fourth-order valence-electron chi connectivity index (χ4n) is 1.45. The molecule has 1 N–H and O–H groups in total. The van der Waals surface area contributed by atoms with Crippen molar-refractivity contribution in [2.75, 3.05) is 0 Å². The summed E-state index contributed by atoms with van der Waals surface area (Å²) < 4.78 is 0. The number of hydrogen-bond acceptors (Lipinski definition) is 2. The second-order valence-corrected chi connectivity index (χ2v) is 5.53. The van der Waals surface area contributed by atoms with Crippen LogP contribution in [0.4, 0.5) is 0 Å². The second kappa shape index (κ2) is 7.62. The fraction of sp³-hybridized carbons (Fsp3) is 0.462. The van der Waals surface area contributed by atoms with E-state index < -0.39 is 5.97 Å². The van der Waals surface area contributed by atoms with Crippen LogP contribution < -0.4 is 0 Å². The Morgan fingerprint density at radius 2 is 2.06 bits per heavy atom. The maximum atomic E-state index is 11.0. The summed E-state index contributed by atoms with van der Waals surface area (Å²) in [6, 6.07) is 7.54. The summed E-state index contributed by atoms with van der Waals surface area (Å²) >= 11 is 7.28. The molecule has 0 saturated carbocycles. The predicted octanol–water partition coefficient (Wildman–Crippen LogP) is 4.22. The molecule has 0 spiro atoms. The average molecular weight is 273 g/mol. The van der Waals surface area contributed by atoms with Crippen LogP contribution in [0.2, 0.25) is 5.02 Å². The van der Waals surface area contributed by atoms with E-state index in [0.29, 0.717) is 5.02 Å². The molecule has 0 amide bonds. The molecule has 4 heteroatoms. The first-order valence-electron chi connectivity index (χ1n) is 5.72. The van der Waals surface area contributed by atoms with E-state index in [1.165, 1.54) is 11.8 Å². The quantitative estimate of drug-likeness (QED) is 0.808. The molecular weight excluding hydrogens is 256 g/mol. The van der Waals surface area contributed by atoms with Crippen molar-refractivity contribution in [2.45, 2.75) is 37.2 Å². The minimum absolute atomic E-state index is 0.300. The third kappa shape index (κ3) is 5.46. The Labute approximate surface area is 111 Å². The molecular formula is C13H17ClO2S. The largest absolute Gasteiger partial charge is 0.480 e. The van der Waals surface area contributed by atoms with E-state index in [9.17, 15) is 4.79 Å². The van der Waals surface area contributed by atoms with E-state index in [0.717, 1.165) is 30.6 Å². The number of benzene rings is 1. The SMILES string of the molecule is CCCCC(SCc1ccc(Cl)cc1)C(=O)O. The van der Waals surface area contributed by atoms with E-state index in [-0.39, 0.29) is 5.25 Å². The zero-order valence-corrected chi connectivity index (χ0v) is 11.4. The molecule has 0 heterocycles. The molecule has 0 saturated heterocycles. The molecule has 0 aliphatic carbocycles. The molecule has 1 atom stereocenters. The highest BCUT2D eigenvalue weighted by Crippen LogP contribution is 2.23. The second-order valence-electron chi connectivity index (χ2n) is 3.91. The normalized spacial score (nSPS) is 12.4. The van der Waals surface area contributed by atoms with Gasteiger partial charge in [0, 0.05) is 10.8 Å². The van der Waals surface area contributed by atoms with Gasteiger partial charge in [-0.25, -0.2) is 0 Å².